The fourth-order valence-electron chi connectivity index (χ4n) is 2.95. The van der Waals surface area contributed by atoms with Crippen molar-refractivity contribution in [1.82, 2.24) is 15.2 Å². The summed E-state index contributed by atoms with van der Waals surface area (Å²) in [5.41, 5.74) is 2.34. The van der Waals surface area contributed by atoms with E-state index >= 15 is 0 Å². The van der Waals surface area contributed by atoms with Crippen molar-refractivity contribution >= 4 is 16.8 Å². The molecule has 1 fully saturated rings. The quantitative estimate of drug-likeness (QED) is 0.907. The second-order valence-electron chi connectivity index (χ2n) is 5.89. The van der Waals surface area contributed by atoms with Crippen LogP contribution < -0.4 is 5.32 Å². The first-order chi connectivity index (χ1) is 10.2. The fourth-order valence-corrected chi connectivity index (χ4v) is 2.95. The summed E-state index contributed by atoms with van der Waals surface area (Å²) >= 11 is 0. The predicted octanol–water partition coefficient (Wildman–Crippen LogP) is 2.66. The normalized spacial score (nSPS) is 17.1. The number of fused-ring (bicyclic) bond motifs is 1. The second kappa shape index (κ2) is 6.31. The van der Waals surface area contributed by atoms with Crippen molar-refractivity contribution in [2.75, 3.05) is 13.1 Å². The van der Waals surface area contributed by atoms with Crippen molar-refractivity contribution in [3.63, 3.8) is 0 Å². The van der Waals surface area contributed by atoms with Crippen LogP contribution in [-0.4, -0.2) is 34.9 Å². The Morgan fingerprint density at radius 1 is 1.29 bits per heavy atom. The third-order valence-corrected chi connectivity index (χ3v) is 4.27. The van der Waals surface area contributed by atoms with E-state index in [1.807, 2.05) is 18.0 Å². The maximum absolute atomic E-state index is 12.3. The first kappa shape index (κ1) is 14.1. The van der Waals surface area contributed by atoms with E-state index in [4.69, 9.17) is 0 Å². The van der Waals surface area contributed by atoms with E-state index in [1.165, 1.54) is 17.4 Å². The summed E-state index contributed by atoms with van der Waals surface area (Å²) in [6.07, 6.45) is 5.48. The Kier molecular flexibility index (Phi) is 4.25. The molecule has 0 aliphatic carbocycles. The number of rotatable bonds is 4. The van der Waals surface area contributed by atoms with E-state index in [1.54, 1.807) is 0 Å². The Bertz CT molecular complexity index is 613. The Labute approximate surface area is 125 Å². The number of nitrogens with zero attached hydrogens (tertiary/aromatic N) is 1. The van der Waals surface area contributed by atoms with Crippen LogP contribution in [0.1, 0.15) is 31.7 Å². The highest BCUT2D eigenvalue weighted by atomic mass is 16.2. The van der Waals surface area contributed by atoms with Gasteiger partial charge in [0.25, 0.3) is 0 Å². The van der Waals surface area contributed by atoms with Crippen LogP contribution in [0, 0.1) is 0 Å². The molecule has 1 aliphatic heterocycles. The van der Waals surface area contributed by atoms with Crippen molar-refractivity contribution in [1.29, 1.82) is 0 Å². The lowest BCUT2D eigenvalue weighted by molar-refractivity contribution is -0.133. The molecule has 1 aromatic heterocycles. The van der Waals surface area contributed by atoms with Crippen LogP contribution in [-0.2, 0) is 11.3 Å². The Hall–Kier alpha value is -1.81. The minimum Gasteiger partial charge on any atom is -0.361 e. The van der Waals surface area contributed by atoms with Crippen LogP contribution >= 0.6 is 0 Å². The molecule has 2 heterocycles. The van der Waals surface area contributed by atoms with Gasteiger partial charge in [0.2, 0.25) is 5.91 Å². The van der Waals surface area contributed by atoms with Gasteiger partial charge in [0.05, 0.1) is 6.04 Å². The van der Waals surface area contributed by atoms with Crippen molar-refractivity contribution in [2.45, 2.75) is 38.8 Å². The number of hydrogen-bond acceptors (Lipinski definition) is 2. The minimum atomic E-state index is -0.123. The van der Waals surface area contributed by atoms with E-state index in [9.17, 15) is 4.79 Å². The standard InChI is InChI=1S/C17H23N3O/c1-13(17(21)20-9-3-2-4-10-20)19-12-14-5-6-15-7-8-18-16(15)11-14/h5-8,11,13,18-19H,2-4,9-10,12H2,1H3. The highest BCUT2D eigenvalue weighted by molar-refractivity contribution is 5.82. The third kappa shape index (κ3) is 3.27. The number of H-pyrrole nitrogens is 1. The van der Waals surface area contributed by atoms with Crippen LogP contribution in [0.3, 0.4) is 0 Å². The van der Waals surface area contributed by atoms with Gasteiger partial charge in [-0.25, -0.2) is 0 Å². The monoisotopic (exact) mass is 285 g/mol. The van der Waals surface area contributed by atoms with E-state index in [2.05, 4.69) is 34.6 Å². The number of carbonyl (C=O) groups excluding carboxylic acids is 1. The highest BCUT2D eigenvalue weighted by Gasteiger charge is 2.21. The van der Waals surface area contributed by atoms with Gasteiger partial charge in [-0.15, -0.1) is 0 Å². The summed E-state index contributed by atoms with van der Waals surface area (Å²) in [5.74, 6) is 0.232. The summed E-state index contributed by atoms with van der Waals surface area (Å²) < 4.78 is 0. The predicted molar refractivity (Wildman–Crippen MR) is 85.0 cm³/mol. The number of aromatic amines is 1. The number of aromatic nitrogens is 1. The summed E-state index contributed by atoms with van der Waals surface area (Å²) in [6.45, 7) is 4.51. The molecule has 0 spiro atoms. The molecule has 1 saturated heterocycles. The number of benzene rings is 1. The van der Waals surface area contributed by atoms with Crippen molar-refractivity contribution in [3.8, 4) is 0 Å². The Morgan fingerprint density at radius 2 is 2.10 bits per heavy atom. The van der Waals surface area contributed by atoms with Crippen LogP contribution in [0.25, 0.3) is 10.9 Å². The van der Waals surface area contributed by atoms with E-state index in [-0.39, 0.29) is 11.9 Å². The van der Waals surface area contributed by atoms with Crippen molar-refractivity contribution < 1.29 is 4.79 Å². The number of nitrogens with one attached hydrogen (secondary N) is 2. The molecule has 0 bridgehead atoms. The second-order valence-corrected chi connectivity index (χ2v) is 5.89. The summed E-state index contributed by atoms with van der Waals surface area (Å²) in [4.78, 5) is 17.6. The molecule has 112 valence electrons. The highest BCUT2D eigenvalue weighted by Crippen LogP contribution is 2.14. The molecule has 0 saturated carbocycles. The molecule has 4 heteroatoms. The first-order valence-corrected chi connectivity index (χ1v) is 7.82. The maximum Gasteiger partial charge on any atom is 0.239 e. The van der Waals surface area contributed by atoms with E-state index in [0.717, 1.165) is 38.0 Å². The smallest absolute Gasteiger partial charge is 0.239 e. The molecule has 2 aromatic rings. The molecule has 0 radical (unpaired) electrons. The average molecular weight is 285 g/mol. The lowest BCUT2D eigenvalue weighted by Gasteiger charge is -2.29. The molecule has 4 nitrogen and oxygen atoms in total. The third-order valence-electron chi connectivity index (χ3n) is 4.27. The molecule has 1 aliphatic rings. The summed E-state index contributed by atoms with van der Waals surface area (Å²) in [7, 11) is 0. The summed E-state index contributed by atoms with van der Waals surface area (Å²) in [6, 6.07) is 8.30. The van der Waals surface area contributed by atoms with Crippen molar-refractivity contribution in [2.24, 2.45) is 0 Å². The molecular formula is C17H23N3O. The molecule has 2 N–H and O–H groups in total. The number of likely N-dealkylation sites (tertiary alicyclic amines) is 1. The SMILES string of the molecule is CC(NCc1ccc2cc[nH]c2c1)C(=O)N1CCCCC1. The van der Waals surface area contributed by atoms with Crippen LogP contribution in [0.15, 0.2) is 30.5 Å². The van der Waals surface area contributed by atoms with Gasteiger partial charge < -0.3 is 15.2 Å². The zero-order chi connectivity index (χ0) is 14.7. The van der Waals surface area contributed by atoms with E-state index in [0.29, 0.717) is 0 Å². The number of hydrogen-bond donors (Lipinski definition) is 2. The van der Waals surface area contributed by atoms with Gasteiger partial charge in [0.1, 0.15) is 0 Å². The zero-order valence-corrected chi connectivity index (χ0v) is 12.6. The zero-order valence-electron chi connectivity index (χ0n) is 12.6. The Morgan fingerprint density at radius 3 is 2.90 bits per heavy atom. The van der Waals surface area contributed by atoms with Crippen LogP contribution in [0.2, 0.25) is 0 Å². The first-order valence-electron chi connectivity index (χ1n) is 7.82. The molecular weight excluding hydrogens is 262 g/mol. The molecule has 1 aromatic carbocycles. The minimum absolute atomic E-state index is 0.123. The molecule has 1 amide bonds. The molecule has 21 heavy (non-hydrogen) atoms. The van der Waals surface area contributed by atoms with Gasteiger partial charge >= 0.3 is 0 Å². The summed E-state index contributed by atoms with van der Waals surface area (Å²) in [5, 5.41) is 4.57. The maximum atomic E-state index is 12.3. The van der Waals surface area contributed by atoms with Gasteiger partial charge in [0.15, 0.2) is 0 Å². The number of carbonyl (C=O) groups is 1. The van der Waals surface area contributed by atoms with Gasteiger partial charge in [-0.1, -0.05) is 12.1 Å². The van der Waals surface area contributed by atoms with Gasteiger partial charge in [-0.3, -0.25) is 4.79 Å². The fraction of sp³-hybridized carbons (Fsp3) is 0.471. The van der Waals surface area contributed by atoms with Gasteiger partial charge in [0, 0.05) is 31.3 Å². The van der Waals surface area contributed by atoms with Gasteiger partial charge in [-0.2, -0.15) is 0 Å². The number of piperidine rings is 1. The van der Waals surface area contributed by atoms with E-state index < -0.39 is 0 Å². The van der Waals surface area contributed by atoms with Crippen LogP contribution in [0.4, 0.5) is 0 Å². The molecule has 3 rings (SSSR count). The lowest BCUT2D eigenvalue weighted by atomic mass is 10.1. The molecule has 1 atom stereocenters. The average Bonchev–Trinajstić information content (AvgIpc) is 3.00. The topological polar surface area (TPSA) is 48.1 Å². The largest absolute Gasteiger partial charge is 0.361 e. The Balaban J connectivity index is 1.56. The van der Waals surface area contributed by atoms with Gasteiger partial charge in [-0.05, 0) is 49.3 Å². The lowest BCUT2D eigenvalue weighted by Crippen LogP contribution is -2.46. The van der Waals surface area contributed by atoms with Crippen molar-refractivity contribution in [3.05, 3.63) is 36.0 Å². The number of amides is 1. The van der Waals surface area contributed by atoms with Crippen LogP contribution in [0.5, 0.6) is 0 Å². The molecule has 1 unspecified atom stereocenters.